The van der Waals surface area contributed by atoms with Crippen molar-refractivity contribution in [3.8, 4) is 0 Å². The number of rotatable bonds is 4. The smallest absolute Gasteiger partial charge is 0.127 e. The third kappa shape index (κ3) is 3.74. The molecule has 0 bridgehead atoms. The van der Waals surface area contributed by atoms with Crippen LogP contribution in [-0.2, 0) is 17.4 Å². The van der Waals surface area contributed by atoms with Crippen molar-refractivity contribution >= 4 is 5.82 Å². The third-order valence-corrected chi connectivity index (χ3v) is 3.35. The second kappa shape index (κ2) is 5.56. The number of nitrogens with two attached hydrogens (primary N) is 1. The summed E-state index contributed by atoms with van der Waals surface area (Å²) in [5.41, 5.74) is 7.44. The van der Waals surface area contributed by atoms with Crippen molar-refractivity contribution in [2.24, 2.45) is 0 Å². The zero-order valence-electron chi connectivity index (χ0n) is 13.8. The zero-order valence-corrected chi connectivity index (χ0v) is 13.8. The molecule has 0 unspecified atom stereocenters. The van der Waals surface area contributed by atoms with Gasteiger partial charge in [0.05, 0.1) is 5.69 Å². The molecule has 3 nitrogen and oxygen atoms in total. The lowest BCUT2D eigenvalue weighted by Gasteiger charge is -2.29. The second-order valence-electron chi connectivity index (χ2n) is 7.48. The van der Waals surface area contributed by atoms with E-state index >= 15 is 0 Å². The molecule has 1 aromatic rings. The molecule has 0 radical (unpaired) electrons. The van der Waals surface area contributed by atoms with Crippen LogP contribution in [0.5, 0.6) is 0 Å². The van der Waals surface area contributed by atoms with Gasteiger partial charge >= 0.3 is 0 Å². The number of unbranched alkanes of at least 4 members (excludes halogenated alkanes) is 2. The van der Waals surface area contributed by atoms with Crippen LogP contribution in [0.25, 0.3) is 0 Å². The van der Waals surface area contributed by atoms with Crippen LogP contribution < -0.4 is 5.73 Å². The Hall–Kier alpha value is -0.990. The highest BCUT2D eigenvalue weighted by Gasteiger charge is 2.30. The first-order chi connectivity index (χ1) is 8.59. The van der Waals surface area contributed by atoms with Crippen LogP contribution in [-0.4, -0.2) is 9.55 Å². The molecule has 19 heavy (non-hydrogen) atoms. The summed E-state index contributed by atoms with van der Waals surface area (Å²) in [7, 11) is 0. The van der Waals surface area contributed by atoms with Gasteiger partial charge in [-0.25, -0.2) is 4.98 Å². The monoisotopic (exact) mass is 265 g/mol. The largest absolute Gasteiger partial charge is 0.384 e. The maximum atomic E-state index is 6.37. The van der Waals surface area contributed by atoms with Gasteiger partial charge in [0.15, 0.2) is 0 Å². The highest BCUT2D eigenvalue weighted by Crippen LogP contribution is 2.32. The SMILES string of the molecule is CCCCCc1nc(C(C)(C)C)n(C(C)(C)C)c1N. The lowest BCUT2D eigenvalue weighted by atomic mass is 9.94. The maximum absolute atomic E-state index is 6.37. The van der Waals surface area contributed by atoms with Gasteiger partial charge in [-0.2, -0.15) is 0 Å². The van der Waals surface area contributed by atoms with Gasteiger partial charge in [-0.15, -0.1) is 0 Å². The summed E-state index contributed by atoms with van der Waals surface area (Å²) in [6, 6.07) is 0. The minimum Gasteiger partial charge on any atom is -0.384 e. The van der Waals surface area contributed by atoms with E-state index in [2.05, 4.69) is 53.0 Å². The van der Waals surface area contributed by atoms with Crippen molar-refractivity contribution in [1.82, 2.24) is 9.55 Å². The molecule has 1 aromatic heterocycles. The van der Waals surface area contributed by atoms with E-state index in [1.54, 1.807) is 0 Å². The van der Waals surface area contributed by atoms with Gasteiger partial charge in [0, 0.05) is 11.0 Å². The average Bonchev–Trinajstić information content (AvgIpc) is 2.55. The van der Waals surface area contributed by atoms with Crippen LogP contribution in [0.3, 0.4) is 0 Å². The number of nitrogen functional groups attached to an aromatic ring is 1. The fourth-order valence-corrected chi connectivity index (χ4v) is 2.39. The van der Waals surface area contributed by atoms with Crippen LogP contribution in [0, 0.1) is 0 Å². The van der Waals surface area contributed by atoms with E-state index in [0.29, 0.717) is 0 Å². The van der Waals surface area contributed by atoms with Crippen molar-refractivity contribution in [2.45, 2.75) is 85.1 Å². The first-order valence-electron chi connectivity index (χ1n) is 7.47. The van der Waals surface area contributed by atoms with Gasteiger partial charge in [-0.3, -0.25) is 0 Å². The van der Waals surface area contributed by atoms with Gasteiger partial charge in [0.1, 0.15) is 11.6 Å². The molecular formula is C16H31N3. The summed E-state index contributed by atoms with van der Waals surface area (Å²) in [6.45, 7) is 15.4. The summed E-state index contributed by atoms with van der Waals surface area (Å²) in [5, 5.41) is 0. The standard InChI is InChI=1S/C16H31N3/c1-8-9-10-11-12-13(17)19(16(5,6)7)14(18-12)15(2,3)4/h8-11,17H2,1-7H3. The molecule has 0 aromatic carbocycles. The van der Waals surface area contributed by atoms with Crippen LogP contribution in [0.15, 0.2) is 0 Å². The third-order valence-electron chi connectivity index (χ3n) is 3.35. The van der Waals surface area contributed by atoms with Gasteiger partial charge in [-0.1, -0.05) is 40.5 Å². The highest BCUT2D eigenvalue weighted by atomic mass is 15.2. The van der Waals surface area contributed by atoms with Crippen molar-refractivity contribution in [2.75, 3.05) is 5.73 Å². The van der Waals surface area contributed by atoms with Crippen LogP contribution in [0.4, 0.5) is 5.82 Å². The molecule has 110 valence electrons. The molecule has 0 atom stereocenters. The van der Waals surface area contributed by atoms with Crippen LogP contribution in [0.2, 0.25) is 0 Å². The summed E-state index contributed by atoms with van der Waals surface area (Å²) < 4.78 is 2.22. The van der Waals surface area contributed by atoms with Crippen molar-refractivity contribution in [1.29, 1.82) is 0 Å². The molecule has 0 spiro atoms. The Labute approximate surface area is 118 Å². The minimum atomic E-state index is -0.0251. The number of hydrogen-bond acceptors (Lipinski definition) is 2. The van der Waals surface area contributed by atoms with Gasteiger partial charge < -0.3 is 10.3 Å². The Kier molecular flexibility index (Phi) is 4.70. The molecule has 1 heterocycles. The molecule has 0 fully saturated rings. The molecular weight excluding hydrogens is 234 g/mol. The molecule has 1 rings (SSSR count). The van der Waals surface area contributed by atoms with Gasteiger partial charge in [-0.05, 0) is 33.6 Å². The fourth-order valence-electron chi connectivity index (χ4n) is 2.39. The molecule has 0 aliphatic heterocycles. The Morgan fingerprint density at radius 2 is 1.63 bits per heavy atom. The predicted molar refractivity (Wildman–Crippen MR) is 83.6 cm³/mol. The molecule has 3 heteroatoms. The number of hydrogen-bond donors (Lipinski definition) is 1. The summed E-state index contributed by atoms with van der Waals surface area (Å²) >= 11 is 0. The lowest BCUT2D eigenvalue weighted by molar-refractivity contribution is 0.359. The Morgan fingerprint density at radius 3 is 2.00 bits per heavy atom. The Balaban J connectivity index is 3.20. The minimum absolute atomic E-state index is 0.0183. The Bertz CT molecular complexity index is 416. The van der Waals surface area contributed by atoms with Crippen molar-refractivity contribution < 1.29 is 0 Å². The van der Waals surface area contributed by atoms with E-state index in [-0.39, 0.29) is 11.0 Å². The van der Waals surface area contributed by atoms with Crippen molar-refractivity contribution in [3.63, 3.8) is 0 Å². The van der Waals surface area contributed by atoms with E-state index < -0.39 is 0 Å². The normalized spacial score (nSPS) is 13.0. The topological polar surface area (TPSA) is 43.8 Å². The van der Waals surface area contributed by atoms with E-state index in [1.165, 1.54) is 19.3 Å². The van der Waals surface area contributed by atoms with E-state index in [0.717, 1.165) is 23.8 Å². The number of anilines is 1. The summed E-state index contributed by atoms with van der Waals surface area (Å²) in [5.74, 6) is 1.96. The fraction of sp³-hybridized carbons (Fsp3) is 0.812. The lowest BCUT2D eigenvalue weighted by Crippen LogP contribution is -2.30. The zero-order chi connectivity index (χ0) is 14.8. The first-order valence-corrected chi connectivity index (χ1v) is 7.47. The average molecular weight is 265 g/mol. The van der Waals surface area contributed by atoms with Crippen molar-refractivity contribution in [3.05, 3.63) is 11.5 Å². The number of nitrogens with zero attached hydrogens (tertiary/aromatic N) is 2. The molecule has 0 aliphatic rings. The van der Waals surface area contributed by atoms with Crippen LogP contribution >= 0.6 is 0 Å². The Morgan fingerprint density at radius 1 is 1.05 bits per heavy atom. The van der Waals surface area contributed by atoms with E-state index in [9.17, 15) is 0 Å². The van der Waals surface area contributed by atoms with E-state index in [4.69, 9.17) is 10.7 Å². The van der Waals surface area contributed by atoms with Gasteiger partial charge in [0.25, 0.3) is 0 Å². The van der Waals surface area contributed by atoms with Crippen LogP contribution in [0.1, 0.15) is 79.2 Å². The molecule has 2 N–H and O–H groups in total. The molecule has 0 aliphatic carbocycles. The quantitative estimate of drug-likeness (QED) is 0.827. The predicted octanol–water partition coefficient (Wildman–Crippen LogP) is 4.25. The summed E-state index contributed by atoms with van der Waals surface area (Å²) in [4.78, 5) is 4.86. The highest BCUT2D eigenvalue weighted by molar-refractivity contribution is 5.41. The first kappa shape index (κ1) is 16.1. The maximum Gasteiger partial charge on any atom is 0.127 e. The number of aromatic nitrogens is 2. The van der Waals surface area contributed by atoms with Gasteiger partial charge in [0.2, 0.25) is 0 Å². The van der Waals surface area contributed by atoms with E-state index in [1.807, 2.05) is 0 Å². The number of imidazole rings is 1. The molecule has 0 saturated heterocycles. The summed E-state index contributed by atoms with van der Waals surface area (Å²) in [6.07, 6.45) is 4.63. The molecule has 0 amide bonds. The molecule has 0 saturated carbocycles. The number of aryl methyl sites for hydroxylation is 1. The second-order valence-corrected chi connectivity index (χ2v) is 7.48.